The van der Waals surface area contributed by atoms with Crippen LogP contribution in [0.15, 0.2) is 24.3 Å². The summed E-state index contributed by atoms with van der Waals surface area (Å²) in [5.74, 6) is 0.0166. The molecule has 1 amide bonds. The highest BCUT2D eigenvalue weighted by Crippen LogP contribution is 2.15. The molecule has 1 aromatic carbocycles. The molecule has 1 aromatic rings. The number of benzene rings is 1. The molecule has 0 saturated carbocycles. The van der Waals surface area contributed by atoms with Crippen LogP contribution in [0.1, 0.15) is 12.8 Å². The summed E-state index contributed by atoms with van der Waals surface area (Å²) in [6, 6.07) is 5.99. The first kappa shape index (κ1) is 15.7. The molecule has 5 nitrogen and oxygen atoms in total. The van der Waals surface area contributed by atoms with Gasteiger partial charge in [-0.1, -0.05) is 6.07 Å². The molecular weight excluding hydrogens is 275 g/mol. The van der Waals surface area contributed by atoms with Crippen molar-refractivity contribution in [2.45, 2.75) is 18.9 Å². The van der Waals surface area contributed by atoms with Crippen LogP contribution >= 0.6 is 0 Å². The van der Waals surface area contributed by atoms with Crippen LogP contribution in [0.5, 0.6) is 5.75 Å². The quantitative estimate of drug-likeness (QED) is 0.730. The van der Waals surface area contributed by atoms with Crippen LogP contribution in [0.25, 0.3) is 0 Å². The lowest BCUT2D eigenvalue weighted by Gasteiger charge is -2.21. The predicted octanol–water partition coefficient (Wildman–Crippen LogP) is 0.777. The van der Waals surface area contributed by atoms with E-state index in [0.29, 0.717) is 25.4 Å². The number of carbonyl (C=O) groups excluding carboxylic acids is 1. The van der Waals surface area contributed by atoms with Gasteiger partial charge in [0.2, 0.25) is 5.91 Å². The number of aliphatic hydroxyl groups excluding tert-OH is 1. The van der Waals surface area contributed by atoms with Gasteiger partial charge in [0.1, 0.15) is 18.2 Å². The fraction of sp³-hybridized carbons (Fsp3) is 0.533. The van der Waals surface area contributed by atoms with Crippen molar-refractivity contribution in [2.24, 2.45) is 0 Å². The maximum atomic E-state index is 12.9. The van der Waals surface area contributed by atoms with Crippen LogP contribution in [0, 0.1) is 5.82 Å². The molecule has 1 heterocycles. The second-order valence-corrected chi connectivity index (χ2v) is 5.10. The molecule has 21 heavy (non-hydrogen) atoms. The Morgan fingerprint density at radius 3 is 3.14 bits per heavy atom. The van der Waals surface area contributed by atoms with Gasteiger partial charge in [0.15, 0.2) is 0 Å². The molecular formula is C15H21FN2O3. The van der Waals surface area contributed by atoms with Crippen LogP contribution in [0.2, 0.25) is 0 Å². The fourth-order valence-corrected chi connectivity index (χ4v) is 2.47. The molecule has 1 fully saturated rings. The largest absolute Gasteiger partial charge is 0.492 e. The second kappa shape index (κ2) is 7.95. The Balaban J connectivity index is 1.63. The molecule has 1 aliphatic rings. The van der Waals surface area contributed by atoms with E-state index < -0.39 is 0 Å². The van der Waals surface area contributed by atoms with E-state index >= 15 is 0 Å². The third kappa shape index (κ3) is 4.99. The first-order valence-corrected chi connectivity index (χ1v) is 7.19. The monoisotopic (exact) mass is 296 g/mol. The Kier molecular flexibility index (Phi) is 5.95. The highest BCUT2D eigenvalue weighted by atomic mass is 19.1. The highest BCUT2D eigenvalue weighted by Gasteiger charge is 2.25. The zero-order chi connectivity index (χ0) is 15.1. The van der Waals surface area contributed by atoms with E-state index in [1.807, 2.05) is 4.90 Å². The van der Waals surface area contributed by atoms with Crippen LogP contribution in [-0.2, 0) is 4.79 Å². The van der Waals surface area contributed by atoms with Gasteiger partial charge in [-0.05, 0) is 31.5 Å². The molecule has 6 heteroatoms. The average molecular weight is 296 g/mol. The first-order valence-electron chi connectivity index (χ1n) is 7.19. The standard InChI is InChI=1S/C15H21FN2O3/c16-12-3-1-5-14(9-12)21-8-6-17-15(20)10-18-7-2-4-13(18)11-19/h1,3,5,9,13,19H,2,4,6-8,10-11H2,(H,17,20)/t13-/m1/s1. The van der Waals surface area contributed by atoms with Crippen LogP contribution in [-0.4, -0.2) is 54.8 Å². The fourth-order valence-electron chi connectivity index (χ4n) is 2.47. The lowest BCUT2D eigenvalue weighted by Crippen LogP contribution is -2.42. The summed E-state index contributed by atoms with van der Waals surface area (Å²) in [6.07, 6.45) is 1.95. The number of hydrogen-bond donors (Lipinski definition) is 2. The Hall–Kier alpha value is -1.66. The molecule has 1 saturated heterocycles. The minimum absolute atomic E-state index is 0.0850. The van der Waals surface area contributed by atoms with E-state index in [4.69, 9.17) is 4.74 Å². The summed E-state index contributed by atoms with van der Waals surface area (Å²) in [4.78, 5) is 13.8. The predicted molar refractivity (Wildman–Crippen MR) is 76.6 cm³/mol. The van der Waals surface area contributed by atoms with Gasteiger partial charge in [0.25, 0.3) is 0 Å². The third-order valence-corrected chi connectivity index (χ3v) is 3.55. The summed E-state index contributed by atoms with van der Waals surface area (Å²) >= 11 is 0. The second-order valence-electron chi connectivity index (χ2n) is 5.10. The van der Waals surface area contributed by atoms with Gasteiger partial charge in [-0.25, -0.2) is 4.39 Å². The summed E-state index contributed by atoms with van der Waals surface area (Å²) in [5, 5.41) is 11.9. The number of aliphatic hydroxyl groups is 1. The summed E-state index contributed by atoms with van der Waals surface area (Å²) in [7, 11) is 0. The Morgan fingerprint density at radius 2 is 2.38 bits per heavy atom. The zero-order valence-electron chi connectivity index (χ0n) is 11.9. The van der Waals surface area contributed by atoms with Crippen molar-refractivity contribution in [2.75, 3.05) is 32.8 Å². The number of nitrogens with zero attached hydrogens (tertiary/aromatic N) is 1. The van der Waals surface area contributed by atoms with E-state index in [9.17, 15) is 14.3 Å². The third-order valence-electron chi connectivity index (χ3n) is 3.55. The zero-order valence-corrected chi connectivity index (χ0v) is 11.9. The topological polar surface area (TPSA) is 61.8 Å². The Labute approximate surface area is 123 Å². The van der Waals surface area contributed by atoms with Crippen molar-refractivity contribution in [3.8, 4) is 5.75 Å². The van der Waals surface area contributed by atoms with E-state index in [0.717, 1.165) is 19.4 Å². The lowest BCUT2D eigenvalue weighted by molar-refractivity contribution is -0.122. The summed E-state index contributed by atoms with van der Waals surface area (Å²) in [6.45, 7) is 1.89. The summed E-state index contributed by atoms with van der Waals surface area (Å²) in [5.41, 5.74) is 0. The van der Waals surface area contributed by atoms with Gasteiger partial charge in [-0.3, -0.25) is 9.69 Å². The number of ether oxygens (including phenoxy) is 1. The number of halogens is 1. The molecule has 116 valence electrons. The van der Waals surface area contributed by atoms with Crippen LogP contribution < -0.4 is 10.1 Å². The SMILES string of the molecule is O=C(CN1CCC[C@@H]1CO)NCCOc1cccc(F)c1. The van der Waals surface area contributed by atoms with E-state index in [2.05, 4.69) is 5.32 Å². The molecule has 2 N–H and O–H groups in total. The van der Waals surface area contributed by atoms with E-state index in [-0.39, 0.29) is 24.4 Å². The van der Waals surface area contributed by atoms with Gasteiger partial charge in [-0.15, -0.1) is 0 Å². The minimum atomic E-state index is -0.347. The number of rotatable bonds is 7. The van der Waals surface area contributed by atoms with Gasteiger partial charge in [0.05, 0.1) is 19.7 Å². The molecule has 0 bridgehead atoms. The Morgan fingerprint density at radius 1 is 1.52 bits per heavy atom. The molecule has 0 aliphatic carbocycles. The van der Waals surface area contributed by atoms with Crippen molar-refractivity contribution in [3.63, 3.8) is 0 Å². The van der Waals surface area contributed by atoms with Gasteiger partial charge < -0.3 is 15.2 Å². The molecule has 0 aromatic heterocycles. The van der Waals surface area contributed by atoms with Crippen molar-refractivity contribution in [1.29, 1.82) is 0 Å². The van der Waals surface area contributed by atoms with E-state index in [1.54, 1.807) is 12.1 Å². The molecule has 0 spiro atoms. The van der Waals surface area contributed by atoms with Crippen molar-refractivity contribution < 1.29 is 19.0 Å². The molecule has 1 atom stereocenters. The Bertz CT molecular complexity index is 470. The van der Waals surface area contributed by atoms with Crippen LogP contribution in [0.4, 0.5) is 4.39 Å². The summed E-state index contributed by atoms with van der Waals surface area (Å²) < 4.78 is 18.3. The van der Waals surface area contributed by atoms with Crippen molar-refractivity contribution in [1.82, 2.24) is 10.2 Å². The van der Waals surface area contributed by atoms with Crippen molar-refractivity contribution >= 4 is 5.91 Å². The van der Waals surface area contributed by atoms with E-state index in [1.165, 1.54) is 12.1 Å². The van der Waals surface area contributed by atoms with Gasteiger partial charge in [0, 0.05) is 12.1 Å². The smallest absolute Gasteiger partial charge is 0.234 e. The maximum absolute atomic E-state index is 12.9. The molecule has 0 unspecified atom stereocenters. The maximum Gasteiger partial charge on any atom is 0.234 e. The highest BCUT2D eigenvalue weighted by molar-refractivity contribution is 5.78. The van der Waals surface area contributed by atoms with Gasteiger partial charge in [-0.2, -0.15) is 0 Å². The van der Waals surface area contributed by atoms with Crippen molar-refractivity contribution in [3.05, 3.63) is 30.1 Å². The number of likely N-dealkylation sites (tertiary alicyclic amines) is 1. The number of carbonyl (C=O) groups is 1. The molecule has 0 radical (unpaired) electrons. The first-order chi connectivity index (χ1) is 10.2. The molecule has 1 aliphatic heterocycles. The number of hydrogen-bond acceptors (Lipinski definition) is 4. The van der Waals surface area contributed by atoms with Gasteiger partial charge >= 0.3 is 0 Å². The average Bonchev–Trinajstić information content (AvgIpc) is 2.91. The normalized spacial score (nSPS) is 18.7. The van der Waals surface area contributed by atoms with Crippen LogP contribution in [0.3, 0.4) is 0 Å². The number of nitrogens with one attached hydrogen (secondary N) is 1. The lowest BCUT2D eigenvalue weighted by atomic mass is 10.2. The number of amides is 1. The molecule has 2 rings (SSSR count). The minimum Gasteiger partial charge on any atom is -0.492 e.